The van der Waals surface area contributed by atoms with Crippen LogP contribution in [0.2, 0.25) is 0 Å². The maximum Gasteiger partial charge on any atom is 0.313 e. The minimum absolute atomic E-state index is 0.0189. The Morgan fingerprint density at radius 1 is 1.32 bits per heavy atom. The van der Waals surface area contributed by atoms with E-state index in [0.29, 0.717) is 5.78 Å². The molecule has 4 heteroatoms. The molecule has 22 heavy (non-hydrogen) atoms. The number of aliphatic hydroxyl groups is 1. The van der Waals surface area contributed by atoms with Crippen molar-refractivity contribution in [2.45, 2.75) is 51.6 Å². The van der Waals surface area contributed by atoms with Crippen molar-refractivity contribution >= 4 is 11.8 Å². The Bertz CT molecular complexity index is 518. The van der Waals surface area contributed by atoms with Crippen LogP contribution in [0.15, 0.2) is 24.3 Å². The summed E-state index contributed by atoms with van der Waals surface area (Å²) in [6.45, 7) is 3.39. The summed E-state index contributed by atoms with van der Waals surface area (Å²) >= 11 is 0. The minimum atomic E-state index is -0.650. The van der Waals surface area contributed by atoms with Crippen molar-refractivity contribution in [2.24, 2.45) is 5.92 Å². The average molecular weight is 304 g/mol. The molecular formula is C18H24O4. The molecule has 120 valence electrons. The van der Waals surface area contributed by atoms with Gasteiger partial charge in [-0.25, -0.2) is 0 Å². The highest BCUT2D eigenvalue weighted by Crippen LogP contribution is 2.26. The minimum Gasteiger partial charge on any atom is -0.462 e. The van der Waals surface area contributed by atoms with Gasteiger partial charge in [0, 0.05) is 12.3 Å². The van der Waals surface area contributed by atoms with Crippen molar-refractivity contribution in [3.63, 3.8) is 0 Å². The molecule has 1 aromatic rings. The van der Waals surface area contributed by atoms with Gasteiger partial charge < -0.3 is 9.84 Å². The molecule has 1 aromatic carbocycles. The molecule has 0 bridgehead atoms. The van der Waals surface area contributed by atoms with E-state index in [1.807, 2.05) is 24.3 Å². The van der Waals surface area contributed by atoms with E-state index < -0.39 is 6.10 Å². The molecule has 2 rings (SSSR count). The summed E-state index contributed by atoms with van der Waals surface area (Å²) in [7, 11) is 0. The largest absolute Gasteiger partial charge is 0.462 e. The third-order valence-corrected chi connectivity index (χ3v) is 4.21. The van der Waals surface area contributed by atoms with Crippen molar-refractivity contribution in [1.29, 1.82) is 0 Å². The quantitative estimate of drug-likeness (QED) is 0.821. The van der Waals surface area contributed by atoms with E-state index in [-0.39, 0.29) is 24.4 Å². The van der Waals surface area contributed by atoms with Crippen molar-refractivity contribution < 1.29 is 19.4 Å². The predicted octanol–water partition coefficient (Wildman–Crippen LogP) is 2.63. The molecule has 0 spiro atoms. The molecule has 0 aliphatic heterocycles. The van der Waals surface area contributed by atoms with E-state index >= 15 is 0 Å². The number of carbonyl (C=O) groups excluding carboxylic acids is 2. The molecule has 4 nitrogen and oxygen atoms in total. The van der Waals surface area contributed by atoms with Crippen LogP contribution < -0.4 is 0 Å². The highest BCUT2D eigenvalue weighted by atomic mass is 16.5. The smallest absolute Gasteiger partial charge is 0.313 e. The highest BCUT2D eigenvalue weighted by Gasteiger charge is 2.24. The normalized spacial score (nSPS) is 20.7. The number of esters is 1. The van der Waals surface area contributed by atoms with E-state index in [4.69, 9.17) is 9.84 Å². The standard InChI is InChI=1S/C18H24O4/c1-12(19)11-22-18(21)13(2)15-8-6-14(7-9-15)10-16-4-3-5-17(16)20/h6-9,12-13,16,19H,3-5,10-11H2,1-2H3. The summed E-state index contributed by atoms with van der Waals surface area (Å²) in [4.78, 5) is 23.6. The summed E-state index contributed by atoms with van der Waals surface area (Å²) in [5, 5.41) is 9.14. The van der Waals surface area contributed by atoms with Gasteiger partial charge in [-0.05, 0) is 44.2 Å². The molecule has 0 heterocycles. The van der Waals surface area contributed by atoms with Crippen molar-refractivity contribution in [1.82, 2.24) is 0 Å². The Morgan fingerprint density at radius 2 is 2.00 bits per heavy atom. The Balaban J connectivity index is 1.93. The third kappa shape index (κ3) is 4.41. The van der Waals surface area contributed by atoms with Gasteiger partial charge in [0.1, 0.15) is 12.4 Å². The van der Waals surface area contributed by atoms with Gasteiger partial charge in [-0.15, -0.1) is 0 Å². The van der Waals surface area contributed by atoms with E-state index in [9.17, 15) is 9.59 Å². The summed E-state index contributed by atoms with van der Waals surface area (Å²) < 4.78 is 5.04. The van der Waals surface area contributed by atoms with Crippen molar-refractivity contribution in [3.8, 4) is 0 Å². The third-order valence-electron chi connectivity index (χ3n) is 4.21. The summed E-state index contributed by atoms with van der Waals surface area (Å²) in [6, 6.07) is 7.81. The van der Waals surface area contributed by atoms with Crippen molar-refractivity contribution in [2.75, 3.05) is 6.61 Å². The number of aliphatic hydroxyl groups excluding tert-OH is 1. The number of Topliss-reactive ketones (excluding diaryl/α,β-unsaturated/α-hetero) is 1. The second-order valence-electron chi connectivity index (χ2n) is 6.20. The maximum absolute atomic E-state index is 11.9. The first-order valence-electron chi connectivity index (χ1n) is 7.93. The first-order valence-corrected chi connectivity index (χ1v) is 7.93. The first kappa shape index (κ1) is 16.7. The molecule has 3 unspecified atom stereocenters. The number of hydrogen-bond donors (Lipinski definition) is 1. The number of ketones is 1. The van der Waals surface area contributed by atoms with Crippen LogP contribution in [0.4, 0.5) is 0 Å². The molecule has 1 aliphatic rings. The number of carbonyl (C=O) groups is 2. The molecule has 0 aromatic heterocycles. The van der Waals surface area contributed by atoms with Gasteiger partial charge in [-0.1, -0.05) is 24.3 Å². The van der Waals surface area contributed by atoms with Gasteiger partial charge in [0.05, 0.1) is 12.0 Å². The molecule has 0 saturated heterocycles. The monoisotopic (exact) mass is 304 g/mol. The van der Waals surface area contributed by atoms with Crippen LogP contribution in [0.5, 0.6) is 0 Å². The van der Waals surface area contributed by atoms with E-state index in [1.165, 1.54) is 0 Å². The molecule has 1 saturated carbocycles. The summed E-state index contributed by atoms with van der Waals surface area (Å²) in [5.41, 5.74) is 2.02. The van der Waals surface area contributed by atoms with E-state index in [1.54, 1.807) is 13.8 Å². The fourth-order valence-corrected chi connectivity index (χ4v) is 2.79. The van der Waals surface area contributed by atoms with E-state index in [2.05, 4.69) is 0 Å². The number of benzene rings is 1. The summed E-state index contributed by atoms with van der Waals surface area (Å²) in [5.74, 6) is -0.154. The Morgan fingerprint density at radius 3 is 2.55 bits per heavy atom. The lowest BCUT2D eigenvalue weighted by Crippen LogP contribution is -2.19. The van der Waals surface area contributed by atoms with Gasteiger partial charge in [-0.3, -0.25) is 9.59 Å². The van der Waals surface area contributed by atoms with Crippen LogP contribution in [0.1, 0.15) is 50.2 Å². The Kier molecular flexibility index (Phi) is 5.72. The van der Waals surface area contributed by atoms with Gasteiger partial charge in [0.2, 0.25) is 0 Å². The summed E-state index contributed by atoms with van der Waals surface area (Å²) in [6.07, 6.45) is 2.85. The fourth-order valence-electron chi connectivity index (χ4n) is 2.79. The molecule has 3 atom stereocenters. The number of ether oxygens (including phenoxy) is 1. The Labute approximate surface area is 131 Å². The second kappa shape index (κ2) is 7.54. The van der Waals surface area contributed by atoms with Crippen LogP contribution in [0.3, 0.4) is 0 Å². The zero-order chi connectivity index (χ0) is 16.1. The van der Waals surface area contributed by atoms with Crippen LogP contribution >= 0.6 is 0 Å². The van der Waals surface area contributed by atoms with Crippen molar-refractivity contribution in [3.05, 3.63) is 35.4 Å². The lowest BCUT2D eigenvalue weighted by Gasteiger charge is -2.14. The van der Waals surface area contributed by atoms with Crippen LogP contribution in [0, 0.1) is 5.92 Å². The second-order valence-corrected chi connectivity index (χ2v) is 6.20. The van der Waals surface area contributed by atoms with Crippen LogP contribution in [-0.2, 0) is 20.7 Å². The Hall–Kier alpha value is -1.68. The van der Waals surface area contributed by atoms with Gasteiger partial charge in [-0.2, -0.15) is 0 Å². The topological polar surface area (TPSA) is 63.6 Å². The van der Waals surface area contributed by atoms with Gasteiger partial charge in [0.15, 0.2) is 0 Å². The zero-order valence-corrected chi connectivity index (χ0v) is 13.2. The van der Waals surface area contributed by atoms with Gasteiger partial charge >= 0.3 is 5.97 Å². The van der Waals surface area contributed by atoms with Crippen LogP contribution in [-0.4, -0.2) is 29.6 Å². The number of hydrogen-bond acceptors (Lipinski definition) is 4. The lowest BCUT2D eigenvalue weighted by atomic mass is 9.94. The van der Waals surface area contributed by atoms with E-state index in [0.717, 1.165) is 36.8 Å². The molecular weight excluding hydrogens is 280 g/mol. The lowest BCUT2D eigenvalue weighted by molar-refractivity contribution is -0.147. The van der Waals surface area contributed by atoms with Crippen LogP contribution in [0.25, 0.3) is 0 Å². The highest BCUT2D eigenvalue weighted by molar-refractivity contribution is 5.83. The molecule has 1 N–H and O–H groups in total. The molecule has 0 radical (unpaired) electrons. The molecule has 0 amide bonds. The predicted molar refractivity (Wildman–Crippen MR) is 83.5 cm³/mol. The molecule has 1 aliphatic carbocycles. The number of rotatable bonds is 6. The zero-order valence-electron chi connectivity index (χ0n) is 13.2. The first-order chi connectivity index (χ1) is 10.5. The maximum atomic E-state index is 11.9. The average Bonchev–Trinajstić information content (AvgIpc) is 2.90. The van der Waals surface area contributed by atoms with Gasteiger partial charge in [0.25, 0.3) is 0 Å². The fraction of sp³-hybridized carbons (Fsp3) is 0.556. The molecule has 1 fully saturated rings. The SMILES string of the molecule is CC(O)COC(=O)C(C)c1ccc(CC2CCCC2=O)cc1.